The number of anilines is 1. The number of esters is 1. The van der Waals surface area contributed by atoms with Crippen LogP contribution in [0, 0.1) is 11.3 Å². The number of nitrogens with one attached hydrogen (secondary N) is 1. The predicted octanol–water partition coefficient (Wildman–Crippen LogP) is 1.69. The predicted molar refractivity (Wildman–Crippen MR) is 62.3 cm³/mol. The largest absolute Gasteiger partial charge is 0.495 e. The molecule has 0 heterocycles. The number of carbonyl (C=O) groups excluding carboxylic acids is 1. The van der Waals surface area contributed by atoms with E-state index >= 15 is 0 Å². The van der Waals surface area contributed by atoms with E-state index in [-0.39, 0.29) is 5.57 Å². The molecule has 5 heteroatoms. The Bertz CT molecular complexity index is 475. The summed E-state index contributed by atoms with van der Waals surface area (Å²) >= 11 is 0. The molecule has 1 aromatic carbocycles. The molecule has 0 saturated carbocycles. The lowest BCUT2D eigenvalue weighted by atomic mass is 10.3. The first kappa shape index (κ1) is 12.6. The van der Waals surface area contributed by atoms with Gasteiger partial charge in [-0.2, -0.15) is 5.26 Å². The van der Waals surface area contributed by atoms with Crippen molar-refractivity contribution in [3.05, 3.63) is 36.0 Å². The van der Waals surface area contributed by atoms with E-state index in [1.807, 2.05) is 12.1 Å². The standard InChI is InChI=1S/C12H12N2O3/c1-16-11-6-4-3-5-10(11)14-8-9(7-13)12(15)17-2/h3-6,8,14H,1-2H3/b9-8-. The van der Waals surface area contributed by atoms with Gasteiger partial charge in [0.1, 0.15) is 11.8 Å². The Morgan fingerprint density at radius 3 is 2.71 bits per heavy atom. The normalized spacial score (nSPS) is 10.3. The minimum absolute atomic E-state index is 0.113. The van der Waals surface area contributed by atoms with Gasteiger partial charge >= 0.3 is 5.97 Å². The molecule has 0 spiro atoms. The molecule has 5 nitrogen and oxygen atoms in total. The fraction of sp³-hybridized carbons (Fsp3) is 0.167. The highest BCUT2D eigenvalue weighted by atomic mass is 16.5. The molecule has 0 unspecified atom stereocenters. The van der Waals surface area contributed by atoms with Crippen LogP contribution in [0.2, 0.25) is 0 Å². The van der Waals surface area contributed by atoms with Gasteiger partial charge in [-0.15, -0.1) is 0 Å². The lowest BCUT2D eigenvalue weighted by molar-refractivity contribution is -0.135. The van der Waals surface area contributed by atoms with Gasteiger partial charge in [-0.1, -0.05) is 12.1 Å². The van der Waals surface area contributed by atoms with Gasteiger partial charge < -0.3 is 14.8 Å². The first-order chi connectivity index (χ1) is 8.22. The van der Waals surface area contributed by atoms with Gasteiger partial charge in [-0.25, -0.2) is 4.79 Å². The van der Waals surface area contributed by atoms with Crippen LogP contribution in [-0.4, -0.2) is 20.2 Å². The average molecular weight is 232 g/mol. The van der Waals surface area contributed by atoms with Gasteiger partial charge in [-0.3, -0.25) is 0 Å². The zero-order valence-corrected chi connectivity index (χ0v) is 9.56. The second-order valence-electron chi connectivity index (χ2n) is 3.01. The lowest BCUT2D eigenvalue weighted by Crippen LogP contribution is -2.05. The van der Waals surface area contributed by atoms with Crippen LogP contribution in [0.1, 0.15) is 0 Å². The SMILES string of the molecule is COC(=O)/C(C#N)=C\Nc1ccccc1OC. The van der Waals surface area contributed by atoms with Crippen LogP contribution in [0.25, 0.3) is 0 Å². The van der Waals surface area contributed by atoms with E-state index in [0.29, 0.717) is 11.4 Å². The molecule has 0 aliphatic heterocycles. The third-order valence-electron chi connectivity index (χ3n) is 2.00. The highest BCUT2D eigenvalue weighted by Gasteiger charge is 2.08. The topological polar surface area (TPSA) is 71.4 Å². The molecule has 1 N–H and O–H groups in total. The molecule has 0 bridgehead atoms. The molecule has 0 fully saturated rings. The zero-order chi connectivity index (χ0) is 12.7. The van der Waals surface area contributed by atoms with Gasteiger partial charge in [-0.05, 0) is 12.1 Å². The van der Waals surface area contributed by atoms with Crippen molar-refractivity contribution >= 4 is 11.7 Å². The fourth-order valence-electron chi connectivity index (χ4n) is 1.16. The number of hydrogen-bond donors (Lipinski definition) is 1. The van der Waals surface area contributed by atoms with Crippen molar-refractivity contribution in [3.8, 4) is 11.8 Å². The summed E-state index contributed by atoms with van der Waals surface area (Å²) in [4.78, 5) is 11.1. The van der Waals surface area contributed by atoms with Crippen molar-refractivity contribution in [1.29, 1.82) is 5.26 Å². The van der Waals surface area contributed by atoms with E-state index in [2.05, 4.69) is 10.1 Å². The van der Waals surface area contributed by atoms with Crippen LogP contribution in [-0.2, 0) is 9.53 Å². The van der Waals surface area contributed by atoms with Gasteiger partial charge in [0.15, 0.2) is 5.57 Å². The van der Waals surface area contributed by atoms with Crippen LogP contribution in [0.3, 0.4) is 0 Å². The lowest BCUT2D eigenvalue weighted by Gasteiger charge is -2.07. The fourth-order valence-corrected chi connectivity index (χ4v) is 1.16. The minimum atomic E-state index is -0.685. The maximum atomic E-state index is 11.1. The Morgan fingerprint density at radius 2 is 2.12 bits per heavy atom. The monoisotopic (exact) mass is 232 g/mol. The molecule has 0 saturated heterocycles. The summed E-state index contributed by atoms with van der Waals surface area (Å²) in [5.41, 5.74) is 0.546. The number of para-hydroxylation sites is 2. The number of benzene rings is 1. The van der Waals surface area contributed by atoms with Crippen molar-refractivity contribution < 1.29 is 14.3 Å². The first-order valence-electron chi connectivity index (χ1n) is 4.81. The number of nitrogens with zero attached hydrogens (tertiary/aromatic N) is 1. The van der Waals surface area contributed by atoms with E-state index in [4.69, 9.17) is 10.00 Å². The number of methoxy groups -OCH3 is 2. The van der Waals surface area contributed by atoms with Crippen LogP contribution >= 0.6 is 0 Å². The molecule has 0 radical (unpaired) electrons. The number of rotatable bonds is 4. The van der Waals surface area contributed by atoms with E-state index in [0.717, 1.165) is 0 Å². The summed E-state index contributed by atoms with van der Waals surface area (Å²) in [5, 5.41) is 11.6. The number of nitriles is 1. The zero-order valence-electron chi connectivity index (χ0n) is 9.56. The molecule has 1 aromatic rings. The van der Waals surface area contributed by atoms with Gasteiger partial charge in [0.2, 0.25) is 0 Å². The van der Waals surface area contributed by atoms with Gasteiger partial charge in [0.05, 0.1) is 19.9 Å². The second-order valence-corrected chi connectivity index (χ2v) is 3.01. The number of carbonyl (C=O) groups is 1. The van der Waals surface area contributed by atoms with Crippen molar-refractivity contribution in [2.24, 2.45) is 0 Å². The van der Waals surface area contributed by atoms with Crippen LogP contribution in [0.15, 0.2) is 36.0 Å². The molecule has 0 aliphatic carbocycles. The Labute approximate surface area is 99.3 Å². The van der Waals surface area contributed by atoms with Crippen molar-refractivity contribution in [1.82, 2.24) is 0 Å². The maximum Gasteiger partial charge on any atom is 0.350 e. The molecule has 88 valence electrons. The summed E-state index contributed by atoms with van der Waals surface area (Å²) in [6, 6.07) is 8.90. The van der Waals surface area contributed by atoms with Crippen LogP contribution in [0.4, 0.5) is 5.69 Å². The summed E-state index contributed by atoms with van der Waals surface area (Å²) in [6.07, 6.45) is 1.28. The molecule has 0 amide bonds. The molecular weight excluding hydrogens is 220 g/mol. The smallest absolute Gasteiger partial charge is 0.350 e. The van der Waals surface area contributed by atoms with E-state index in [1.54, 1.807) is 18.2 Å². The molecule has 17 heavy (non-hydrogen) atoms. The molecule has 0 aromatic heterocycles. The average Bonchev–Trinajstić information content (AvgIpc) is 2.39. The number of ether oxygens (including phenoxy) is 2. The minimum Gasteiger partial charge on any atom is -0.495 e. The van der Waals surface area contributed by atoms with E-state index in [1.165, 1.54) is 20.4 Å². The molecule has 0 atom stereocenters. The molecular formula is C12H12N2O3. The van der Waals surface area contributed by atoms with Crippen LogP contribution < -0.4 is 10.1 Å². The van der Waals surface area contributed by atoms with Crippen molar-refractivity contribution in [2.45, 2.75) is 0 Å². The quantitative estimate of drug-likeness (QED) is 0.486. The summed E-state index contributed by atoms with van der Waals surface area (Å²) in [5.74, 6) is -0.0687. The molecule has 0 aliphatic rings. The first-order valence-corrected chi connectivity index (χ1v) is 4.81. The Morgan fingerprint density at radius 1 is 1.41 bits per heavy atom. The summed E-state index contributed by atoms with van der Waals surface area (Å²) < 4.78 is 9.55. The van der Waals surface area contributed by atoms with Crippen molar-refractivity contribution in [3.63, 3.8) is 0 Å². The highest BCUT2D eigenvalue weighted by molar-refractivity contribution is 5.93. The van der Waals surface area contributed by atoms with Gasteiger partial charge in [0, 0.05) is 6.20 Å². The van der Waals surface area contributed by atoms with Crippen molar-refractivity contribution in [2.75, 3.05) is 19.5 Å². The van der Waals surface area contributed by atoms with Gasteiger partial charge in [0.25, 0.3) is 0 Å². The second kappa shape index (κ2) is 6.18. The van der Waals surface area contributed by atoms with Crippen LogP contribution in [0.5, 0.6) is 5.75 Å². The summed E-state index contributed by atoms with van der Waals surface area (Å²) in [7, 11) is 2.76. The molecule has 1 rings (SSSR count). The third-order valence-corrected chi connectivity index (χ3v) is 2.00. The Kier molecular flexibility index (Phi) is 4.58. The Balaban J connectivity index is 2.88. The summed E-state index contributed by atoms with van der Waals surface area (Å²) in [6.45, 7) is 0. The van der Waals surface area contributed by atoms with E-state index < -0.39 is 5.97 Å². The maximum absolute atomic E-state index is 11.1. The van der Waals surface area contributed by atoms with E-state index in [9.17, 15) is 4.79 Å². The highest BCUT2D eigenvalue weighted by Crippen LogP contribution is 2.23. The Hall–Kier alpha value is -2.48. The number of hydrogen-bond acceptors (Lipinski definition) is 5. The third kappa shape index (κ3) is 3.24.